The highest BCUT2D eigenvalue weighted by atomic mass is 35.5. The summed E-state index contributed by atoms with van der Waals surface area (Å²) in [5, 5.41) is 7.78. The van der Waals surface area contributed by atoms with Gasteiger partial charge in [0.05, 0.1) is 5.69 Å². The Morgan fingerprint density at radius 3 is 2.21 bits per heavy atom. The van der Waals surface area contributed by atoms with Gasteiger partial charge in [-0.3, -0.25) is 4.79 Å². The minimum Gasteiger partial charge on any atom is -0.268 e. The van der Waals surface area contributed by atoms with E-state index in [0.29, 0.717) is 17.0 Å². The Balaban J connectivity index is 1.93. The van der Waals surface area contributed by atoms with Crippen LogP contribution in [-0.2, 0) is 6.42 Å². The van der Waals surface area contributed by atoms with Crippen molar-refractivity contribution in [3.8, 4) is 22.4 Å². The molecule has 3 nitrogen and oxygen atoms in total. The maximum absolute atomic E-state index is 12.8. The number of hydrogen-bond donors (Lipinski definition) is 1. The number of hydrogen-bond acceptors (Lipinski definition) is 3. The van der Waals surface area contributed by atoms with Crippen LogP contribution < -0.4 is 5.56 Å². The normalized spacial score (nSPS) is 10.8. The smallest absolute Gasteiger partial charge is 0.268 e. The maximum atomic E-state index is 12.8. The highest BCUT2D eigenvalue weighted by Crippen LogP contribution is 2.34. The van der Waals surface area contributed by atoms with Crippen LogP contribution in [0, 0.1) is 0 Å². The van der Waals surface area contributed by atoms with Crippen molar-refractivity contribution in [2.24, 2.45) is 0 Å². The molecule has 0 saturated heterocycles. The first-order valence-electron chi connectivity index (χ1n) is 9.21. The van der Waals surface area contributed by atoms with E-state index in [1.54, 1.807) is 11.8 Å². The molecule has 0 fully saturated rings. The van der Waals surface area contributed by atoms with Gasteiger partial charge in [0, 0.05) is 33.0 Å². The largest absolute Gasteiger partial charge is 0.268 e. The highest BCUT2D eigenvalue weighted by molar-refractivity contribution is 7.98. The van der Waals surface area contributed by atoms with E-state index < -0.39 is 0 Å². The van der Waals surface area contributed by atoms with Gasteiger partial charge in [-0.05, 0) is 41.6 Å². The number of aromatic amines is 1. The first-order valence-corrected chi connectivity index (χ1v) is 10.8. The molecule has 0 saturated carbocycles. The summed E-state index contributed by atoms with van der Waals surface area (Å²) in [6, 6.07) is 25.7. The molecule has 0 aliphatic rings. The fourth-order valence-electron chi connectivity index (χ4n) is 3.34. The molecule has 4 rings (SSSR count). The zero-order chi connectivity index (χ0) is 20.2. The van der Waals surface area contributed by atoms with Crippen molar-refractivity contribution in [2.75, 3.05) is 6.26 Å². The number of rotatable bonds is 5. The van der Waals surface area contributed by atoms with Crippen LogP contribution in [0.2, 0.25) is 5.02 Å². The minimum atomic E-state index is -0.178. The lowest BCUT2D eigenvalue weighted by molar-refractivity contribution is 0.958. The molecule has 144 valence electrons. The third-order valence-corrected chi connectivity index (χ3v) is 5.80. The number of nitrogens with one attached hydrogen (secondary N) is 1. The summed E-state index contributed by atoms with van der Waals surface area (Å²) in [5.41, 5.74) is 5.06. The van der Waals surface area contributed by atoms with Crippen molar-refractivity contribution in [1.82, 2.24) is 10.2 Å². The van der Waals surface area contributed by atoms with Gasteiger partial charge < -0.3 is 0 Å². The summed E-state index contributed by atoms with van der Waals surface area (Å²) in [6.07, 6.45) is 2.57. The van der Waals surface area contributed by atoms with Crippen molar-refractivity contribution in [2.45, 2.75) is 11.3 Å². The molecule has 0 atom stereocenters. The van der Waals surface area contributed by atoms with Gasteiger partial charge in [0.15, 0.2) is 0 Å². The standard InChI is InChI=1S/C24H19ClN2OS/c1-29-20-13-9-18(10-14-20)23-22(17-7-11-19(25)12-8-17)21(24(28)27-26-23)15-16-5-3-2-4-6-16/h2-14H,15H2,1H3,(H,27,28). The van der Waals surface area contributed by atoms with Crippen LogP contribution in [0.5, 0.6) is 0 Å². The van der Waals surface area contributed by atoms with Crippen molar-refractivity contribution in [1.29, 1.82) is 0 Å². The predicted molar refractivity (Wildman–Crippen MR) is 122 cm³/mol. The Kier molecular flexibility index (Phi) is 5.84. The molecular weight excluding hydrogens is 400 g/mol. The van der Waals surface area contributed by atoms with E-state index in [4.69, 9.17) is 11.6 Å². The number of halogens is 1. The SMILES string of the molecule is CSc1ccc(-c2n[nH]c(=O)c(Cc3ccccc3)c2-c2ccc(Cl)cc2)cc1. The summed E-state index contributed by atoms with van der Waals surface area (Å²) in [4.78, 5) is 14.0. The second kappa shape index (κ2) is 8.68. The molecule has 0 spiro atoms. The van der Waals surface area contributed by atoms with Crippen molar-refractivity contribution in [3.05, 3.63) is 105 Å². The molecule has 1 N–H and O–H groups in total. The van der Waals surface area contributed by atoms with Crippen LogP contribution in [0.25, 0.3) is 22.4 Å². The number of aromatic nitrogens is 2. The van der Waals surface area contributed by atoms with Gasteiger partial charge in [-0.1, -0.05) is 66.2 Å². The van der Waals surface area contributed by atoms with Gasteiger partial charge in [-0.15, -0.1) is 11.8 Å². The van der Waals surface area contributed by atoms with E-state index in [0.717, 1.165) is 27.9 Å². The average Bonchev–Trinajstić information content (AvgIpc) is 2.77. The number of benzene rings is 3. The molecule has 3 aromatic carbocycles. The van der Waals surface area contributed by atoms with Gasteiger partial charge in [-0.25, -0.2) is 5.10 Å². The molecule has 29 heavy (non-hydrogen) atoms. The number of thioether (sulfide) groups is 1. The van der Waals surface area contributed by atoms with Crippen LogP contribution >= 0.6 is 23.4 Å². The van der Waals surface area contributed by atoms with E-state index in [2.05, 4.69) is 22.3 Å². The fourth-order valence-corrected chi connectivity index (χ4v) is 3.87. The summed E-state index contributed by atoms with van der Waals surface area (Å²) in [6.45, 7) is 0. The first-order chi connectivity index (χ1) is 14.2. The van der Waals surface area contributed by atoms with Gasteiger partial charge in [0.25, 0.3) is 5.56 Å². The second-order valence-corrected chi connectivity index (χ2v) is 7.97. The third kappa shape index (κ3) is 4.29. The van der Waals surface area contributed by atoms with Crippen LogP contribution in [0.1, 0.15) is 11.1 Å². The monoisotopic (exact) mass is 418 g/mol. The van der Waals surface area contributed by atoms with Crippen molar-refractivity contribution >= 4 is 23.4 Å². The van der Waals surface area contributed by atoms with Crippen LogP contribution in [0.3, 0.4) is 0 Å². The zero-order valence-electron chi connectivity index (χ0n) is 15.9. The van der Waals surface area contributed by atoms with Gasteiger partial charge in [0.2, 0.25) is 0 Å². The summed E-state index contributed by atoms with van der Waals surface area (Å²) in [5.74, 6) is 0. The third-order valence-electron chi connectivity index (χ3n) is 4.80. The van der Waals surface area contributed by atoms with Gasteiger partial charge in [0.1, 0.15) is 0 Å². The van der Waals surface area contributed by atoms with Crippen molar-refractivity contribution in [3.63, 3.8) is 0 Å². The van der Waals surface area contributed by atoms with Crippen LogP contribution in [0.15, 0.2) is 88.6 Å². The summed E-state index contributed by atoms with van der Waals surface area (Å²) >= 11 is 7.79. The van der Waals surface area contributed by atoms with E-state index in [9.17, 15) is 4.79 Å². The minimum absolute atomic E-state index is 0.178. The molecule has 5 heteroatoms. The van der Waals surface area contributed by atoms with Gasteiger partial charge >= 0.3 is 0 Å². The zero-order valence-corrected chi connectivity index (χ0v) is 17.4. The van der Waals surface area contributed by atoms with E-state index in [-0.39, 0.29) is 5.56 Å². The molecule has 0 aliphatic carbocycles. The Hall–Kier alpha value is -2.82. The van der Waals surface area contributed by atoms with Crippen LogP contribution in [0.4, 0.5) is 0 Å². The van der Waals surface area contributed by atoms with E-state index >= 15 is 0 Å². The first kappa shape index (κ1) is 19.5. The molecular formula is C24H19ClN2OS. The molecule has 0 unspecified atom stereocenters. The van der Waals surface area contributed by atoms with E-state index in [1.807, 2.05) is 73.0 Å². The maximum Gasteiger partial charge on any atom is 0.268 e. The Morgan fingerprint density at radius 1 is 0.897 bits per heavy atom. The Bertz CT molecular complexity index is 1170. The topological polar surface area (TPSA) is 45.8 Å². The Morgan fingerprint density at radius 2 is 1.55 bits per heavy atom. The quantitative estimate of drug-likeness (QED) is 0.400. The summed E-state index contributed by atoms with van der Waals surface area (Å²) < 4.78 is 0. The number of H-pyrrole nitrogens is 1. The molecule has 0 aliphatic heterocycles. The molecule has 0 amide bonds. The predicted octanol–water partition coefficient (Wildman–Crippen LogP) is 6.07. The molecule has 0 radical (unpaired) electrons. The Labute approximate surface area is 178 Å². The number of nitrogens with zero attached hydrogens (tertiary/aromatic N) is 1. The lowest BCUT2D eigenvalue weighted by Crippen LogP contribution is -2.17. The molecule has 1 heterocycles. The van der Waals surface area contributed by atoms with Crippen LogP contribution in [-0.4, -0.2) is 16.5 Å². The molecule has 1 aromatic heterocycles. The molecule has 0 bridgehead atoms. The lowest BCUT2D eigenvalue weighted by atomic mass is 9.92. The van der Waals surface area contributed by atoms with Gasteiger partial charge in [-0.2, -0.15) is 5.10 Å². The van der Waals surface area contributed by atoms with E-state index in [1.165, 1.54) is 4.90 Å². The fraction of sp³-hybridized carbons (Fsp3) is 0.0833. The second-order valence-electron chi connectivity index (χ2n) is 6.65. The average molecular weight is 419 g/mol. The molecule has 4 aromatic rings. The van der Waals surface area contributed by atoms with Crippen molar-refractivity contribution < 1.29 is 0 Å². The summed E-state index contributed by atoms with van der Waals surface area (Å²) in [7, 11) is 0. The lowest BCUT2D eigenvalue weighted by Gasteiger charge is -2.14. The highest BCUT2D eigenvalue weighted by Gasteiger charge is 2.18.